The van der Waals surface area contributed by atoms with Crippen molar-refractivity contribution in [3.8, 4) is 17.2 Å². The molecular formula is C30H23Cl2N3O2. The summed E-state index contributed by atoms with van der Waals surface area (Å²) in [5, 5.41) is 13.8. The lowest BCUT2D eigenvalue weighted by Crippen LogP contribution is -2.20. The van der Waals surface area contributed by atoms with E-state index in [1.165, 1.54) is 0 Å². The number of amides is 1. The number of halogens is 2. The van der Waals surface area contributed by atoms with Crippen molar-refractivity contribution in [3.05, 3.63) is 117 Å². The summed E-state index contributed by atoms with van der Waals surface area (Å²) in [5.74, 6) is 0.237. The Balaban J connectivity index is 1.43. The number of anilines is 1. The Bertz CT molecular complexity index is 1520. The number of carbonyl (C=O) groups is 1. The topological polar surface area (TPSA) is 75.0 Å². The van der Waals surface area contributed by atoms with E-state index in [-0.39, 0.29) is 24.3 Å². The fourth-order valence-electron chi connectivity index (χ4n) is 4.81. The number of rotatable bonds is 5. The van der Waals surface area contributed by atoms with Crippen LogP contribution < -0.4 is 5.32 Å². The van der Waals surface area contributed by atoms with E-state index < -0.39 is 6.09 Å². The van der Waals surface area contributed by atoms with Gasteiger partial charge in [-0.15, -0.1) is 0 Å². The Morgan fingerprint density at radius 3 is 2.62 bits per heavy atom. The van der Waals surface area contributed by atoms with Crippen LogP contribution in [0.3, 0.4) is 0 Å². The second-order valence-electron chi connectivity index (χ2n) is 9.05. The predicted molar refractivity (Wildman–Crippen MR) is 146 cm³/mol. The third-order valence-electron chi connectivity index (χ3n) is 6.70. The molecule has 2 unspecified atom stereocenters. The zero-order chi connectivity index (χ0) is 25.9. The summed E-state index contributed by atoms with van der Waals surface area (Å²) in [7, 11) is 0. The van der Waals surface area contributed by atoms with Crippen molar-refractivity contribution in [1.82, 2.24) is 4.98 Å². The van der Waals surface area contributed by atoms with Gasteiger partial charge in [0, 0.05) is 23.6 Å². The monoisotopic (exact) mass is 527 g/mol. The summed E-state index contributed by atoms with van der Waals surface area (Å²) < 4.78 is 5.45. The molecule has 7 heteroatoms. The van der Waals surface area contributed by atoms with Gasteiger partial charge >= 0.3 is 6.09 Å². The Kier molecular flexibility index (Phi) is 7.14. The minimum Gasteiger partial charge on any atom is -0.449 e. The van der Waals surface area contributed by atoms with Gasteiger partial charge < -0.3 is 4.74 Å². The zero-order valence-electron chi connectivity index (χ0n) is 20.0. The largest absolute Gasteiger partial charge is 0.449 e. The number of hydrogen-bond acceptors (Lipinski definition) is 4. The molecule has 1 heterocycles. The van der Waals surface area contributed by atoms with Crippen molar-refractivity contribution in [2.24, 2.45) is 0 Å². The highest BCUT2D eigenvalue weighted by Gasteiger charge is 2.30. The van der Waals surface area contributed by atoms with E-state index in [1.807, 2.05) is 67.6 Å². The molecule has 0 bridgehead atoms. The van der Waals surface area contributed by atoms with Crippen molar-refractivity contribution < 1.29 is 9.53 Å². The Hall–Kier alpha value is -3.85. The molecule has 1 aliphatic rings. The van der Waals surface area contributed by atoms with Crippen molar-refractivity contribution in [2.45, 2.75) is 25.2 Å². The highest BCUT2D eigenvalue weighted by atomic mass is 35.5. The molecule has 2 atom stereocenters. The number of nitriles is 1. The summed E-state index contributed by atoms with van der Waals surface area (Å²) in [6, 6.07) is 25.7. The highest BCUT2D eigenvalue weighted by Crippen LogP contribution is 2.45. The molecular weight excluding hydrogens is 505 g/mol. The van der Waals surface area contributed by atoms with Crippen molar-refractivity contribution in [1.29, 1.82) is 5.26 Å². The number of nitrogens with one attached hydrogen (secondary N) is 1. The van der Waals surface area contributed by atoms with Gasteiger partial charge in [0.15, 0.2) is 5.82 Å². The fourth-order valence-corrected chi connectivity index (χ4v) is 5.12. The van der Waals surface area contributed by atoms with Crippen molar-refractivity contribution in [2.75, 3.05) is 11.9 Å². The Morgan fingerprint density at radius 1 is 1.11 bits per heavy atom. The molecule has 0 saturated carbocycles. The number of carbonyl (C=O) groups excluding carboxylic acids is 1. The molecule has 5 nitrogen and oxygen atoms in total. The molecule has 0 fully saturated rings. The molecule has 5 rings (SSSR count). The van der Waals surface area contributed by atoms with E-state index >= 15 is 0 Å². The molecule has 1 aromatic heterocycles. The van der Waals surface area contributed by atoms with Crippen molar-refractivity contribution in [3.63, 3.8) is 0 Å². The van der Waals surface area contributed by atoms with Crippen LogP contribution in [-0.2, 0) is 11.2 Å². The lowest BCUT2D eigenvalue weighted by molar-refractivity contribution is 0.155. The smallest absolute Gasteiger partial charge is 0.412 e. The maximum atomic E-state index is 12.6. The van der Waals surface area contributed by atoms with Gasteiger partial charge in [0.25, 0.3) is 0 Å². The lowest BCUT2D eigenvalue weighted by Gasteiger charge is -2.29. The van der Waals surface area contributed by atoms with E-state index in [2.05, 4.69) is 22.4 Å². The van der Waals surface area contributed by atoms with Crippen LogP contribution in [0.2, 0.25) is 10.0 Å². The third kappa shape index (κ3) is 5.04. The normalized spacial score (nSPS) is 14.6. The van der Waals surface area contributed by atoms with E-state index in [0.717, 1.165) is 33.4 Å². The maximum absolute atomic E-state index is 12.6. The van der Waals surface area contributed by atoms with Crippen LogP contribution in [0, 0.1) is 11.3 Å². The second-order valence-corrected chi connectivity index (χ2v) is 9.86. The highest BCUT2D eigenvalue weighted by molar-refractivity contribution is 6.42. The van der Waals surface area contributed by atoms with Crippen LogP contribution in [0.25, 0.3) is 11.1 Å². The number of nitrogens with zero attached hydrogens (tertiary/aromatic N) is 2. The molecule has 0 spiro atoms. The number of ether oxygens (including phenoxy) is 1. The van der Waals surface area contributed by atoms with Gasteiger partial charge in [0.1, 0.15) is 11.6 Å². The average Bonchev–Trinajstić information content (AvgIpc) is 2.93. The van der Waals surface area contributed by atoms with Crippen LogP contribution in [0.1, 0.15) is 46.6 Å². The van der Waals surface area contributed by atoms with Gasteiger partial charge in [-0.05, 0) is 46.4 Å². The van der Waals surface area contributed by atoms with Crippen LogP contribution in [-0.4, -0.2) is 17.7 Å². The lowest BCUT2D eigenvalue weighted by atomic mass is 9.75. The molecule has 0 saturated heterocycles. The predicted octanol–water partition coefficient (Wildman–Crippen LogP) is 7.97. The summed E-state index contributed by atoms with van der Waals surface area (Å²) in [6.45, 7) is 2.19. The Labute approximate surface area is 225 Å². The number of benzene rings is 3. The molecule has 3 aromatic carbocycles. The van der Waals surface area contributed by atoms with Gasteiger partial charge in [-0.2, -0.15) is 5.26 Å². The molecule has 1 N–H and O–H groups in total. The van der Waals surface area contributed by atoms with E-state index in [9.17, 15) is 10.1 Å². The van der Waals surface area contributed by atoms with Gasteiger partial charge in [-0.25, -0.2) is 9.78 Å². The first-order chi connectivity index (χ1) is 18.0. The number of aromatic nitrogens is 1. The molecule has 1 amide bonds. The number of hydrogen-bond donors (Lipinski definition) is 1. The summed E-state index contributed by atoms with van der Waals surface area (Å²) in [5.41, 5.74) is 6.11. The maximum Gasteiger partial charge on any atom is 0.412 e. The molecule has 37 heavy (non-hydrogen) atoms. The molecule has 184 valence electrons. The first kappa shape index (κ1) is 24.8. The first-order valence-corrected chi connectivity index (χ1v) is 12.7. The van der Waals surface area contributed by atoms with Gasteiger partial charge in [0.2, 0.25) is 0 Å². The van der Waals surface area contributed by atoms with E-state index in [1.54, 1.807) is 12.3 Å². The zero-order valence-corrected chi connectivity index (χ0v) is 21.6. The summed E-state index contributed by atoms with van der Waals surface area (Å²) in [4.78, 5) is 17.1. The molecule has 1 aliphatic carbocycles. The fraction of sp³-hybridized carbons (Fsp3) is 0.167. The number of fused-ring (bicyclic) bond motifs is 3. The van der Waals surface area contributed by atoms with Gasteiger partial charge in [-0.1, -0.05) is 90.8 Å². The third-order valence-corrected chi connectivity index (χ3v) is 7.44. The van der Waals surface area contributed by atoms with Gasteiger partial charge in [0.05, 0.1) is 16.7 Å². The van der Waals surface area contributed by atoms with Crippen LogP contribution in [0.4, 0.5) is 10.6 Å². The summed E-state index contributed by atoms with van der Waals surface area (Å²) >= 11 is 12.5. The quantitative estimate of drug-likeness (QED) is 0.285. The first-order valence-electron chi connectivity index (χ1n) is 11.9. The minimum absolute atomic E-state index is 0.0232. The summed E-state index contributed by atoms with van der Waals surface area (Å²) in [6.07, 6.45) is 1.70. The average molecular weight is 528 g/mol. The van der Waals surface area contributed by atoms with E-state index in [0.29, 0.717) is 22.0 Å². The Morgan fingerprint density at radius 2 is 1.86 bits per heavy atom. The van der Waals surface area contributed by atoms with Crippen LogP contribution in [0.15, 0.2) is 79.0 Å². The molecule has 0 radical (unpaired) electrons. The number of pyridine rings is 1. The molecule has 0 aliphatic heterocycles. The van der Waals surface area contributed by atoms with Gasteiger partial charge in [-0.3, -0.25) is 5.32 Å². The van der Waals surface area contributed by atoms with Crippen LogP contribution in [0.5, 0.6) is 0 Å². The van der Waals surface area contributed by atoms with Crippen LogP contribution >= 0.6 is 23.2 Å². The minimum atomic E-state index is -0.649. The SMILES string of the molecule is CC(COC(=O)Nc1ncc2c(c1C#N)-c1ccccc1C(c1ccc(Cl)c(Cl)c1)C2)c1ccccc1. The second kappa shape index (κ2) is 10.6. The molecule has 4 aromatic rings. The van der Waals surface area contributed by atoms with Crippen molar-refractivity contribution >= 4 is 35.1 Å². The standard InChI is InChI=1S/C30H23Cl2N3O2/c1-18(19-7-3-2-4-8-19)17-37-30(36)35-29-25(15-33)28-21(16-34-29)13-24(22-9-5-6-10-23(22)28)20-11-12-26(31)27(32)14-20/h2-12,14,16,18,24H,13,17H2,1H3,(H,34,35,36). The van der Waals surface area contributed by atoms with E-state index in [4.69, 9.17) is 27.9 Å².